The van der Waals surface area contributed by atoms with E-state index in [1.165, 1.54) is 4.90 Å². The Bertz CT molecular complexity index is 1230. The van der Waals surface area contributed by atoms with Crippen LogP contribution in [-0.2, 0) is 9.59 Å². The minimum Gasteiger partial charge on any atom is -0.497 e. The number of benzene rings is 2. The van der Waals surface area contributed by atoms with Crippen LogP contribution in [0.15, 0.2) is 61.2 Å². The van der Waals surface area contributed by atoms with Gasteiger partial charge in [0.15, 0.2) is 5.78 Å². The molecule has 0 unspecified atom stereocenters. The van der Waals surface area contributed by atoms with Crippen molar-refractivity contribution in [3.05, 3.63) is 77.9 Å². The molecular formula is C27H26N2O4. The second kappa shape index (κ2) is 7.73. The van der Waals surface area contributed by atoms with Gasteiger partial charge < -0.3 is 9.64 Å². The van der Waals surface area contributed by atoms with Gasteiger partial charge >= 0.3 is 0 Å². The average molecular weight is 443 g/mol. The maximum atomic E-state index is 14.0. The number of amides is 2. The quantitative estimate of drug-likeness (QED) is 0.402. The summed E-state index contributed by atoms with van der Waals surface area (Å²) in [5.41, 5.74) is 4.53. The van der Waals surface area contributed by atoms with Gasteiger partial charge in [-0.15, -0.1) is 6.58 Å². The van der Waals surface area contributed by atoms with Gasteiger partial charge in [0.2, 0.25) is 11.8 Å². The average Bonchev–Trinajstić information content (AvgIpc) is 3.27. The molecule has 0 N–H and O–H groups in total. The minimum absolute atomic E-state index is 0.149. The van der Waals surface area contributed by atoms with E-state index in [9.17, 15) is 14.4 Å². The summed E-state index contributed by atoms with van der Waals surface area (Å²) in [7, 11) is 1.55. The number of imide groups is 1. The van der Waals surface area contributed by atoms with E-state index in [4.69, 9.17) is 4.74 Å². The van der Waals surface area contributed by atoms with Gasteiger partial charge in [-0.25, -0.2) is 0 Å². The van der Waals surface area contributed by atoms with E-state index in [2.05, 4.69) is 12.6 Å². The van der Waals surface area contributed by atoms with E-state index in [1.54, 1.807) is 37.5 Å². The van der Waals surface area contributed by atoms with Crippen molar-refractivity contribution in [1.29, 1.82) is 0 Å². The predicted octanol–water partition coefficient (Wildman–Crippen LogP) is 3.65. The van der Waals surface area contributed by atoms with Crippen LogP contribution in [0.3, 0.4) is 0 Å². The second-order valence-electron chi connectivity index (χ2n) is 8.94. The van der Waals surface area contributed by atoms with Crippen LogP contribution in [0.5, 0.6) is 5.75 Å². The normalized spacial score (nSPS) is 25.4. The van der Waals surface area contributed by atoms with Crippen LogP contribution < -0.4 is 9.64 Å². The third-order valence-corrected chi connectivity index (χ3v) is 7.03. The number of aryl methyl sites for hydroxylation is 1. The fraction of sp³-hybridized carbons (Fsp3) is 0.296. The van der Waals surface area contributed by atoms with Crippen LogP contribution in [0.1, 0.15) is 28.4 Å². The Balaban J connectivity index is 1.69. The van der Waals surface area contributed by atoms with Crippen molar-refractivity contribution in [2.45, 2.75) is 25.9 Å². The number of likely N-dealkylation sites (tertiary alicyclic amines) is 1. The molecule has 5 rings (SSSR count). The first-order valence-corrected chi connectivity index (χ1v) is 11.1. The number of ketones is 1. The van der Waals surface area contributed by atoms with Gasteiger partial charge in [0.25, 0.3) is 0 Å². The summed E-state index contributed by atoms with van der Waals surface area (Å²) in [5.74, 6) is -1.52. The van der Waals surface area contributed by atoms with Gasteiger partial charge in [-0.2, -0.15) is 0 Å². The van der Waals surface area contributed by atoms with Crippen LogP contribution in [0, 0.1) is 18.8 Å². The molecule has 0 spiro atoms. The number of carbonyl (C=O) groups is 3. The van der Waals surface area contributed by atoms with Gasteiger partial charge in [-0.1, -0.05) is 35.9 Å². The van der Waals surface area contributed by atoms with Gasteiger partial charge in [-0.3, -0.25) is 19.3 Å². The third-order valence-electron chi connectivity index (χ3n) is 7.03. The highest BCUT2D eigenvalue weighted by Gasteiger charge is 2.64. The number of fused-ring (bicyclic) bond motifs is 5. The number of hydrogen-bond acceptors (Lipinski definition) is 5. The molecule has 0 aromatic heterocycles. The van der Waals surface area contributed by atoms with E-state index in [0.717, 1.165) is 22.4 Å². The summed E-state index contributed by atoms with van der Waals surface area (Å²) in [6, 6.07) is 11.9. The molecule has 4 atom stereocenters. The largest absolute Gasteiger partial charge is 0.497 e. The highest BCUT2D eigenvalue weighted by Crippen LogP contribution is 2.50. The van der Waals surface area contributed by atoms with Crippen LogP contribution in [-0.4, -0.2) is 48.2 Å². The second-order valence-corrected chi connectivity index (χ2v) is 8.94. The Morgan fingerprint density at radius 3 is 2.58 bits per heavy atom. The molecule has 2 fully saturated rings. The first kappa shape index (κ1) is 21.2. The maximum absolute atomic E-state index is 14.0. The van der Waals surface area contributed by atoms with Crippen LogP contribution >= 0.6 is 0 Å². The van der Waals surface area contributed by atoms with Gasteiger partial charge in [-0.05, 0) is 43.7 Å². The molecule has 0 radical (unpaired) electrons. The van der Waals surface area contributed by atoms with E-state index >= 15 is 0 Å². The summed E-state index contributed by atoms with van der Waals surface area (Å²) >= 11 is 0. The summed E-state index contributed by atoms with van der Waals surface area (Å²) in [4.78, 5) is 44.1. The number of nitrogens with zero attached hydrogens (tertiary/aromatic N) is 2. The fourth-order valence-electron chi connectivity index (χ4n) is 5.57. The molecule has 6 heteroatoms. The lowest BCUT2D eigenvalue weighted by molar-refractivity contribution is -0.139. The molecule has 3 aliphatic rings. The molecule has 3 heterocycles. The zero-order valence-electron chi connectivity index (χ0n) is 18.9. The highest BCUT2D eigenvalue weighted by molar-refractivity contribution is 6.14. The molecule has 0 bridgehead atoms. The zero-order valence-corrected chi connectivity index (χ0v) is 18.9. The van der Waals surface area contributed by atoms with Crippen LogP contribution in [0.4, 0.5) is 5.69 Å². The number of Topliss-reactive ketones (excluding diaryl/α,β-unsaturated/α-hetero) is 1. The number of anilines is 1. The van der Waals surface area contributed by atoms with Crippen molar-refractivity contribution in [3.8, 4) is 5.75 Å². The topological polar surface area (TPSA) is 66.9 Å². The number of methoxy groups -OCH3 is 1. The summed E-state index contributed by atoms with van der Waals surface area (Å²) in [6.07, 6.45) is 3.59. The van der Waals surface area contributed by atoms with E-state index in [1.807, 2.05) is 37.0 Å². The molecule has 0 saturated carbocycles. The number of rotatable bonds is 5. The minimum atomic E-state index is -0.788. The predicted molar refractivity (Wildman–Crippen MR) is 126 cm³/mol. The fourth-order valence-corrected chi connectivity index (χ4v) is 5.57. The zero-order chi connectivity index (χ0) is 23.4. The lowest BCUT2D eigenvalue weighted by Crippen LogP contribution is -2.49. The molecular weight excluding hydrogens is 416 g/mol. The first-order valence-electron chi connectivity index (χ1n) is 11.1. The molecule has 0 aliphatic carbocycles. The number of ether oxygens (including phenoxy) is 1. The smallest absolute Gasteiger partial charge is 0.236 e. The molecule has 168 valence electrons. The Kier molecular flexibility index (Phi) is 4.96. The molecule has 2 aromatic rings. The van der Waals surface area contributed by atoms with E-state index in [-0.39, 0.29) is 30.2 Å². The molecule has 2 saturated heterocycles. The lowest BCUT2D eigenvalue weighted by Gasteiger charge is -2.38. The SMILES string of the molecule is C=CCN1C(=O)[C@@H]2[C@H](C1=O)[C@H]1C=C(C)c3cc(C)ccc3N1[C@@H]2C(=O)c1cccc(OC)c1. The van der Waals surface area contributed by atoms with Crippen molar-refractivity contribution in [2.75, 3.05) is 18.6 Å². The van der Waals surface area contributed by atoms with E-state index in [0.29, 0.717) is 11.3 Å². The van der Waals surface area contributed by atoms with Crippen molar-refractivity contribution in [2.24, 2.45) is 11.8 Å². The van der Waals surface area contributed by atoms with Crippen molar-refractivity contribution < 1.29 is 19.1 Å². The van der Waals surface area contributed by atoms with E-state index < -0.39 is 17.9 Å². The Morgan fingerprint density at radius 2 is 1.85 bits per heavy atom. The molecule has 3 aliphatic heterocycles. The molecule has 2 amide bonds. The maximum Gasteiger partial charge on any atom is 0.236 e. The number of hydrogen-bond donors (Lipinski definition) is 0. The Morgan fingerprint density at radius 1 is 1.09 bits per heavy atom. The van der Waals surface area contributed by atoms with Crippen molar-refractivity contribution in [1.82, 2.24) is 4.90 Å². The highest BCUT2D eigenvalue weighted by atomic mass is 16.5. The molecule has 33 heavy (non-hydrogen) atoms. The van der Waals surface area contributed by atoms with Gasteiger partial charge in [0.1, 0.15) is 11.8 Å². The first-order chi connectivity index (χ1) is 15.9. The summed E-state index contributed by atoms with van der Waals surface area (Å²) in [6.45, 7) is 7.88. The van der Waals surface area contributed by atoms with Crippen molar-refractivity contribution in [3.63, 3.8) is 0 Å². The number of carbonyl (C=O) groups excluding carboxylic acids is 3. The van der Waals surface area contributed by atoms with Crippen LogP contribution in [0.2, 0.25) is 0 Å². The number of allylic oxidation sites excluding steroid dienone is 1. The van der Waals surface area contributed by atoms with Gasteiger partial charge in [0.05, 0.1) is 25.0 Å². The Hall–Kier alpha value is -3.67. The third kappa shape index (κ3) is 3.04. The Labute approximate surface area is 193 Å². The summed E-state index contributed by atoms with van der Waals surface area (Å²) < 4.78 is 5.32. The van der Waals surface area contributed by atoms with Gasteiger partial charge in [0, 0.05) is 23.4 Å². The molecule has 6 nitrogen and oxygen atoms in total. The molecule has 2 aromatic carbocycles. The standard InChI is InChI=1S/C27H26N2O4/c1-5-11-28-26(31)22-21-13-16(3)19-12-15(2)9-10-20(19)29(21)24(23(22)27(28)32)25(30)17-7-6-8-18(14-17)33-4/h5-10,12-14,21-24H,1,11H2,2-4H3/t21-,22-,23-,24+/m1/s1. The van der Waals surface area contributed by atoms with Crippen molar-refractivity contribution >= 4 is 28.9 Å². The lowest BCUT2D eigenvalue weighted by atomic mass is 9.85. The van der Waals surface area contributed by atoms with Crippen LogP contribution in [0.25, 0.3) is 5.57 Å². The summed E-state index contributed by atoms with van der Waals surface area (Å²) in [5, 5.41) is 0. The monoisotopic (exact) mass is 442 g/mol.